The van der Waals surface area contributed by atoms with Crippen LogP contribution in [0.15, 0.2) is 71.2 Å². The molecule has 174 valence electrons. The highest BCUT2D eigenvalue weighted by Gasteiger charge is 2.29. The second kappa shape index (κ2) is 11.8. The third kappa shape index (κ3) is 6.57. The van der Waals surface area contributed by atoms with Crippen molar-refractivity contribution < 1.29 is 14.3 Å². The zero-order chi connectivity index (χ0) is 23.8. The van der Waals surface area contributed by atoms with Gasteiger partial charge in [-0.3, -0.25) is 9.59 Å². The molecule has 0 spiro atoms. The van der Waals surface area contributed by atoms with E-state index in [2.05, 4.69) is 21.2 Å². The van der Waals surface area contributed by atoms with Crippen LogP contribution in [-0.4, -0.2) is 35.9 Å². The minimum atomic E-state index is -0.569. The van der Waals surface area contributed by atoms with E-state index >= 15 is 0 Å². The van der Waals surface area contributed by atoms with E-state index in [1.807, 2.05) is 87.5 Å². The number of hydrogen-bond donors (Lipinski definition) is 1. The van der Waals surface area contributed by atoms with Crippen molar-refractivity contribution in [1.82, 2.24) is 10.2 Å². The van der Waals surface area contributed by atoms with E-state index in [9.17, 15) is 9.59 Å². The SMILES string of the molecule is CCC(C(=O)NCC(C)C)N(Cc1ccccc1)C(=O)COc1ccc2ccccc2c1Br. The van der Waals surface area contributed by atoms with Crippen molar-refractivity contribution in [2.45, 2.75) is 39.8 Å². The molecule has 1 N–H and O–H groups in total. The molecular weight excluding hydrogens is 480 g/mol. The van der Waals surface area contributed by atoms with Crippen LogP contribution in [0.5, 0.6) is 5.75 Å². The summed E-state index contributed by atoms with van der Waals surface area (Å²) in [5.41, 5.74) is 0.966. The molecule has 0 fully saturated rings. The summed E-state index contributed by atoms with van der Waals surface area (Å²) in [5.74, 6) is 0.560. The van der Waals surface area contributed by atoms with Crippen molar-refractivity contribution in [3.63, 3.8) is 0 Å². The zero-order valence-corrected chi connectivity index (χ0v) is 21.0. The molecule has 6 heteroatoms. The highest BCUT2D eigenvalue weighted by molar-refractivity contribution is 9.10. The molecule has 0 radical (unpaired) electrons. The molecule has 3 aromatic carbocycles. The summed E-state index contributed by atoms with van der Waals surface area (Å²) < 4.78 is 6.74. The molecule has 3 rings (SSSR count). The van der Waals surface area contributed by atoms with E-state index < -0.39 is 6.04 Å². The first-order valence-corrected chi connectivity index (χ1v) is 12.1. The van der Waals surface area contributed by atoms with E-state index in [4.69, 9.17) is 4.74 Å². The number of amides is 2. The van der Waals surface area contributed by atoms with Gasteiger partial charge in [0.25, 0.3) is 5.91 Å². The smallest absolute Gasteiger partial charge is 0.261 e. The molecule has 0 aliphatic carbocycles. The number of nitrogens with one attached hydrogen (secondary N) is 1. The fourth-order valence-corrected chi connectivity index (χ4v) is 4.28. The van der Waals surface area contributed by atoms with Crippen LogP contribution in [0.3, 0.4) is 0 Å². The van der Waals surface area contributed by atoms with Crippen molar-refractivity contribution in [2.75, 3.05) is 13.2 Å². The lowest BCUT2D eigenvalue weighted by Crippen LogP contribution is -2.50. The van der Waals surface area contributed by atoms with Gasteiger partial charge in [0, 0.05) is 13.1 Å². The molecule has 1 atom stereocenters. The molecule has 0 aromatic heterocycles. The average molecular weight is 511 g/mol. The molecule has 1 unspecified atom stereocenters. The minimum Gasteiger partial charge on any atom is -0.483 e. The zero-order valence-electron chi connectivity index (χ0n) is 19.4. The van der Waals surface area contributed by atoms with Gasteiger partial charge < -0.3 is 15.0 Å². The predicted molar refractivity (Wildman–Crippen MR) is 136 cm³/mol. The lowest BCUT2D eigenvalue weighted by Gasteiger charge is -2.31. The van der Waals surface area contributed by atoms with Crippen molar-refractivity contribution in [1.29, 1.82) is 0 Å². The average Bonchev–Trinajstić information content (AvgIpc) is 2.82. The Kier molecular flexibility index (Phi) is 8.89. The Morgan fingerprint density at radius 3 is 2.39 bits per heavy atom. The van der Waals surface area contributed by atoms with Crippen LogP contribution >= 0.6 is 15.9 Å². The Bertz CT molecular complexity index is 1090. The van der Waals surface area contributed by atoms with Crippen LogP contribution in [-0.2, 0) is 16.1 Å². The molecule has 0 saturated carbocycles. The molecule has 0 aliphatic rings. The van der Waals surface area contributed by atoms with Gasteiger partial charge in [0.05, 0.1) is 4.47 Å². The first-order chi connectivity index (χ1) is 15.9. The van der Waals surface area contributed by atoms with Gasteiger partial charge in [-0.25, -0.2) is 0 Å². The van der Waals surface area contributed by atoms with Crippen molar-refractivity contribution >= 4 is 38.5 Å². The van der Waals surface area contributed by atoms with Crippen LogP contribution in [0.25, 0.3) is 10.8 Å². The third-order valence-corrected chi connectivity index (χ3v) is 6.26. The second-order valence-electron chi connectivity index (χ2n) is 8.46. The van der Waals surface area contributed by atoms with Crippen LogP contribution in [0.2, 0.25) is 0 Å². The first-order valence-electron chi connectivity index (χ1n) is 11.3. The van der Waals surface area contributed by atoms with E-state index in [0.29, 0.717) is 31.2 Å². The first kappa shape index (κ1) is 24.8. The molecular formula is C27H31BrN2O3. The molecule has 3 aromatic rings. The largest absolute Gasteiger partial charge is 0.483 e. The summed E-state index contributed by atoms with van der Waals surface area (Å²) in [6.07, 6.45) is 0.516. The molecule has 0 saturated heterocycles. The Labute approximate surface area is 204 Å². The van der Waals surface area contributed by atoms with Gasteiger partial charge in [-0.2, -0.15) is 0 Å². The number of rotatable bonds is 10. The topological polar surface area (TPSA) is 58.6 Å². The van der Waals surface area contributed by atoms with Crippen LogP contribution < -0.4 is 10.1 Å². The number of carbonyl (C=O) groups is 2. The summed E-state index contributed by atoms with van der Waals surface area (Å²) in [7, 11) is 0. The van der Waals surface area contributed by atoms with Gasteiger partial charge in [-0.15, -0.1) is 0 Å². The Morgan fingerprint density at radius 1 is 1.00 bits per heavy atom. The maximum Gasteiger partial charge on any atom is 0.261 e. The monoisotopic (exact) mass is 510 g/mol. The number of carbonyl (C=O) groups excluding carboxylic acids is 2. The van der Waals surface area contributed by atoms with E-state index in [1.54, 1.807) is 4.90 Å². The van der Waals surface area contributed by atoms with E-state index in [-0.39, 0.29) is 18.4 Å². The summed E-state index contributed by atoms with van der Waals surface area (Å²) in [5, 5.41) is 5.08. The number of nitrogens with zero attached hydrogens (tertiary/aromatic N) is 1. The van der Waals surface area contributed by atoms with Gasteiger partial charge >= 0.3 is 0 Å². The lowest BCUT2D eigenvalue weighted by atomic mass is 10.1. The number of fused-ring (bicyclic) bond motifs is 1. The van der Waals surface area contributed by atoms with Gasteiger partial charge in [-0.1, -0.05) is 81.4 Å². The normalized spacial score (nSPS) is 11.9. The Hall–Kier alpha value is -2.86. The fourth-order valence-electron chi connectivity index (χ4n) is 3.67. The predicted octanol–water partition coefficient (Wildman–Crippen LogP) is 5.56. The third-order valence-electron chi connectivity index (χ3n) is 5.45. The van der Waals surface area contributed by atoms with Crippen molar-refractivity contribution in [3.05, 3.63) is 76.8 Å². The summed E-state index contributed by atoms with van der Waals surface area (Å²) in [6.45, 7) is 6.77. The standard InChI is InChI=1S/C27H31BrN2O3/c1-4-23(27(32)29-16-19(2)3)30(17-20-10-6-5-7-11-20)25(31)18-33-24-15-14-21-12-8-9-13-22(21)26(24)28/h5-15,19,23H,4,16-18H2,1-3H3,(H,29,32). The summed E-state index contributed by atoms with van der Waals surface area (Å²) in [6, 6.07) is 20.9. The molecule has 2 amide bonds. The molecule has 0 aliphatic heterocycles. The highest BCUT2D eigenvalue weighted by Crippen LogP contribution is 2.33. The number of hydrogen-bond acceptors (Lipinski definition) is 3. The summed E-state index contributed by atoms with van der Waals surface area (Å²) in [4.78, 5) is 27.9. The lowest BCUT2D eigenvalue weighted by molar-refractivity contribution is -0.143. The number of ether oxygens (including phenoxy) is 1. The molecule has 5 nitrogen and oxygen atoms in total. The Balaban J connectivity index is 1.79. The van der Waals surface area contributed by atoms with Gasteiger partial charge in [0.2, 0.25) is 5.91 Å². The number of halogens is 1. The quantitative estimate of drug-likeness (QED) is 0.388. The van der Waals surface area contributed by atoms with Crippen LogP contribution in [0.1, 0.15) is 32.8 Å². The second-order valence-corrected chi connectivity index (χ2v) is 9.25. The van der Waals surface area contributed by atoms with Crippen molar-refractivity contribution in [2.24, 2.45) is 5.92 Å². The van der Waals surface area contributed by atoms with Gasteiger partial charge in [0.1, 0.15) is 11.8 Å². The van der Waals surface area contributed by atoms with E-state index in [1.165, 1.54) is 0 Å². The van der Waals surface area contributed by atoms with Crippen LogP contribution in [0.4, 0.5) is 0 Å². The molecule has 33 heavy (non-hydrogen) atoms. The maximum absolute atomic E-state index is 13.3. The van der Waals surface area contributed by atoms with Crippen molar-refractivity contribution in [3.8, 4) is 5.75 Å². The highest BCUT2D eigenvalue weighted by atomic mass is 79.9. The molecule has 0 bridgehead atoms. The minimum absolute atomic E-state index is 0.137. The van der Waals surface area contributed by atoms with Gasteiger partial charge in [0.15, 0.2) is 6.61 Å². The maximum atomic E-state index is 13.3. The number of benzene rings is 3. The van der Waals surface area contributed by atoms with E-state index in [0.717, 1.165) is 20.8 Å². The fraction of sp³-hybridized carbons (Fsp3) is 0.333. The van der Waals surface area contributed by atoms with Crippen LogP contribution in [0, 0.1) is 5.92 Å². The van der Waals surface area contributed by atoms with Gasteiger partial charge in [-0.05, 0) is 50.7 Å². The molecule has 0 heterocycles. The Morgan fingerprint density at radius 2 is 1.70 bits per heavy atom. The summed E-state index contributed by atoms with van der Waals surface area (Å²) >= 11 is 3.61.